The molecule has 0 radical (unpaired) electrons. The van der Waals surface area contributed by atoms with E-state index in [1.807, 2.05) is 0 Å². The van der Waals surface area contributed by atoms with Crippen LogP contribution in [0.2, 0.25) is 0 Å². The summed E-state index contributed by atoms with van der Waals surface area (Å²) in [4.78, 5) is 11.0. The fraction of sp³-hybridized carbons (Fsp3) is 0.875. The Kier molecular flexibility index (Phi) is 13.9. The van der Waals surface area contributed by atoms with Crippen LogP contribution >= 0.6 is 0 Å². The van der Waals surface area contributed by atoms with Crippen molar-refractivity contribution >= 4 is 5.97 Å². The summed E-state index contributed by atoms with van der Waals surface area (Å²) in [6, 6.07) is 0. The number of allylic oxidation sites excluding steroid dienone is 2. The van der Waals surface area contributed by atoms with Gasteiger partial charge in [0.25, 0.3) is 0 Å². The maximum Gasteiger partial charge on any atom is 0.305 e. The van der Waals surface area contributed by atoms with Crippen LogP contribution in [0.4, 0.5) is 0 Å². The first-order valence-electron chi connectivity index (χ1n) is 11.0. The lowest BCUT2D eigenvalue weighted by atomic mass is 9.69. The van der Waals surface area contributed by atoms with Crippen LogP contribution in [0.5, 0.6) is 0 Å². The van der Waals surface area contributed by atoms with Crippen LogP contribution in [-0.2, 0) is 9.53 Å². The van der Waals surface area contributed by atoms with Gasteiger partial charge in [0.05, 0.1) is 7.11 Å². The number of hydrogen-bond donors (Lipinski definition) is 0. The van der Waals surface area contributed by atoms with Gasteiger partial charge in [-0.25, -0.2) is 0 Å². The van der Waals surface area contributed by atoms with E-state index in [0.717, 1.165) is 12.8 Å². The summed E-state index contributed by atoms with van der Waals surface area (Å²) < 4.78 is 4.65. The third kappa shape index (κ3) is 13.4. The second-order valence-electron chi connectivity index (χ2n) is 9.10. The summed E-state index contributed by atoms with van der Waals surface area (Å²) in [5, 5.41) is 0. The smallest absolute Gasteiger partial charge is 0.305 e. The highest BCUT2D eigenvalue weighted by atomic mass is 16.5. The lowest BCUT2D eigenvalue weighted by molar-refractivity contribution is -0.140. The quantitative estimate of drug-likeness (QED) is 0.158. The van der Waals surface area contributed by atoms with E-state index in [1.165, 1.54) is 71.3 Å². The van der Waals surface area contributed by atoms with E-state index in [2.05, 4.69) is 51.5 Å². The summed E-state index contributed by atoms with van der Waals surface area (Å²) >= 11 is 0. The Hall–Kier alpha value is -0.790. The molecule has 0 fully saturated rings. The molecule has 0 N–H and O–H groups in total. The number of methoxy groups -OCH3 is 1. The first-order chi connectivity index (χ1) is 12.3. The summed E-state index contributed by atoms with van der Waals surface area (Å²) in [7, 11) is 1.46. The fourth-order valence-electron chi connectivity index (χ4n) is 3.84. The third-order valence-electron chi connectivity index (χ3n) is 5.98. The zero-order chi connectivity index (χ0) is 19.9. The van der Waals surface area contributed by atoms with Crippen LogP contribution in [0.15, 0.2) is 12.2 Å². The molecule has 0 aliphatic heterocycles. The molecule has 0 saturated heterocycles. The van der Waals surface area contributed by atoms with Crippen molar-refractivity contribution in [1.29, 1.82) is 0 Å². The zero-order valence-corrected chi connectivity index (χ0v) is 18.7. The molecule has 26 heavy (non-hydrogen) atoms. The van der Waals surface area contributed by atoms with Gasteiger partial charge in [-0.05, 0) is 55.8 Å². The molecule has 0 rings (SSSR count). The highest BCUT2D eigenvalue weighted by Crippen LogP contribution is 2.41. The van der Waals surface area contributed by atoms with Gasteiger partial charge in [0.15, 0.2) is 0 Å². The van der Waals surface area contributed by atoms with E-state index in [1.54, 1.807) is 0 Å². The van der Waals surface area contributed by atoms with Crippen LogP contribution in [-0.4, -0.2) is 13.1 Å². The molecular weight excluding hydrogens is 320 g/mol. The van der Waals surface area contributed by atoms with E-state index in [0.29, 0.717) is 17.3 Å². The molecule has 2 heteroatoms. The van der Waals surface area contributed by atoms with Gasteiger partial charge >= 0.3 is 5.97 Å². The van der Waals surface area contributed by atoms with Crippen LogP contribution < -0.4 is 0 Å². The number of ether oxygens (including phenoxy) is 1. The summed E-state index contributed by atoms with van der Waals surface area (Å²) in [5.41, 5.74) is 0.967. The van der Waals surface area contributed by atoms with Gasteiger partial charge in [-0.2, -0.15) is 0 Å². The van der Waals surface area contributed by atoms with Gasteiger partial charge in [-0.15, -0.1) is 0 Å². The number of carbonyl (C=O) groups is 1. The predicted octanol–water partition coefficient (Wildman–Crippen LogP) is 7.86. The van der Waals surface area contributed by atoms with Gasteiger partial charge in [0, 0.05) is 6.42 Å². The van der Waals surface area contributed by atoms with E-state index in [4.69, 9.17) is 0 Å². The molecule has 0 saturated carbocycles. The minimum atomic E-state index is -0.0786. The van der Waals surface area contributed by atoms with Gasteiger partial charge in [0.1, 0.15) is 0 Å². The normalized spacial score (nSPS) is 12.7. The molecule has 154 valence electrons. The molecule has 0 aliphatic rings. The number of esters is 1. The van der Waals surface area contributed by atoms with Gasteiger partial charge in [0.2, 0.25) is 0 Å². The molecular formula is C24H46O2. The largest absolute Gasteiger partial charge is 0.469 e. The van der Waals surface area contributed by atoms with Crippen molar-refractivity contribution in [3.05, 3.63) is 12.2 Å². The fourth-order valence-corrected chi connectivity index (χ4v) is 3.84. The Bertz CT molecular complexity index is 378. The second-order valence-corrected chi connectivity index (χ2v) is 9.10. The van der Waals surface area contributed by atoms with Crippen molar-refractivity contribution < 1.29 is 9.53 Å². The number of hydrogen-bond acceptors (Lipinski definition) is 2. The first kappa shape index (κ1) is 25.2. The van der Waals surface area contributed by atoms with Crippen molar-refractivity contribution in [3.8, 4) is 0 Å². The molecule has 0 bridgehead atoms. The van der Waals surface area contributed by atoms with E-state index in [-0.39, 0.29) is 5.97 Å². The van der Waals surface area contributed by atoms with Gasteiger partial charge < -0.3 is 4.74 Å². The van der Waals surface area contributed by atoms with Crippen molar-refractivity contribution in [3.63, 3.8) is 0 Å². The monoisotopic (exact) mass is 366 g/mol. The number of unbranched alkanes of at least 4 members (excludes halogenated alkanes) is 6. The maximum absolute atomic E-state index is 11.0. The number of rotatable bonds is 16. The van der Waals surface area contributed by atoms with E-state index < -0.39 is 0 Å². The Labute approximate surface area is 164 Å². The van der Waals surface area contributed by atoms with Crippen molar-refractivity contribution in [1.82, 2.24) is 0 Å². The number of carbonyl (C=O) groups excluding carboxylic acids is 1. The maximum atomic E-state index is 11.0. The van der Waals surface area contributed by atoms with E-state index in [9.17, 15) is 4.79 Å². The van der Waals surface area contributed by atoms with Crippen molar-refractivity contribution in [2.45, 2.75) is 118 Å². The van der Waals surface area contributed by atoms with Crippen LogP contribution in [0, 0.1) is 10.8 Å². The van der Waals surface area contributed by atoms with Gasteiger partial charge in [-0.3, -0.25) is 4.79 Å². The molecule has 0 atom stereocenters. The average molecular weight is 367 g/mol. The van der Waals surface area contributed by atoms with Gasteiger partial charge in [-0.1, -0.05) is 78.9 Å². The molecule has 0 unspecified atom stereocenters. The van der Waals surface area contributed by atoms with Crippen LogP contribution in [0.3, 0.4) is 0 Å². The molecule has 0 aromatic heterocycles. The average Bonchev–Trinajstić information content (AvgIpc) is 2.61. The minimum absolute atomic E-state index is 0.0786. The third-order valence-corrected chi connectivity index (χ3v) is 5.98. The molecule has 0 aromatic carbocycles. The Morgan fingerprint density at radius 1 is 0.846 bits per heavy atom. The molecule has 0 spiro atoms. The predicted molar refractivity (Wildman–Crippen MR) is 114 cm³/mol. The summed E-state index contributed by atoms with van der Waals surface area (Å²) in [6.45, 7) is 12.0. The lowest BCUT2D eigenvalue weighted by Gasteiger charge is -2.36. The standard InChI is InChI=1S/C24H46O2/c1-7-24(5,8-2)21-23(3,4)20-18-16-14-12-10-9-11-13-15-17-19-22(25)26-6/h12,14H,7-11,13,15-21H2,1-6H3/b14-12-. The highest BCUT2D eigenvalue weighted by Gasteiger charge is 2.29. The molecule has 0 aromatic rings. The SMILES string of the molecule is CCC(C)(CC)CC(C)(C)CCC/C=C\CCCCCCCC(=O)OC. The highest BCUT2D eigenvalue weighted by molar-refractivity contribution is 5.68. The van der Waals surface area contributed by atoms with E-state index >= 15 is 0 Å². The summed E-state index contributed by atoms with van der Waals surface area (Å²) in [6.07, 6.45) is 20.2. The zero-order valence-electron chi connectivity index (χ0n) is 18.7. The molecule has 0 amide bonds. The molecule has 0 heterocycles. The summed E-state index contributed by atoms with van der Waals surface area (Å²) in [5.74, 6) is -0.0786. The Morgan fingerprint density at radius 3 is 1.96 bits per heavy atom. The van der Waals surface area contributed by atoms with Crippen molar-refractivity contribution in [2.75, 3.05) is 7.11 Å². The Balaban J connectivity index is 3.65. The molecule has 0 aliphatic carbocycles. The lowest BCUT2D eigenvalue weighted by Crippen LogP contribution is -2.24. The topological polar surface area (TPSA) is 26.3 Å². The minimum Gasteiger partial charge on any atom is -0.469 e. The molecule has 2 nitrogen and oxygen atoms in total. The van der Waals surface area contributed by atoms with Crippen molar-refractivity contribution in [2.24, 2.45) is 10.8 Å². The van der Waals surface area contributed by atoms with Crippen LogP contribution in [0.25, 0.3) is 0 Å². The van der Waals surface area contributed by atoms with Crippen LogP contribution in [0.1, 0.15) is 118 Å². The second kappa shape index (κ2) is 14.3. The first-order valence-corrected chi connectivity index (χ1v) is 11.0. The Morgan fingerprint density at radius 2 is 1.38 bits per heavy atom.